The van der Waals surface area contributed by atoms with E-state index in [1.54, 1.807) is 23.2 Å². The Bertz CT molecular complexity index is 834. The Kier molecular flexibility index (Phi) is 4.44. The van der Waals surface area contributed by atoms with Crippen LogP contribution in [-0.2, 0) is 17.9 Å². The zero-order valence-electron chi connectivity index (χ0n) is 14.5. The summed E-state index contributed by atoms with van der Waals surface area (Å²) in [6.45, 7) is 2.36. The first-order chi connectivity index (χ1) is 12.6. The minimum absolute atomic E-state index is 0.116. The molecule has 0 saturated carbocycles. The lowest BCUT2D eigenvalue weighted by Crippen LogP contribution is -2.46. The highest BCUT2D eigenvalue weighted by molar-refractivity contribution is 5.94. The quantitative estimate of drug-likeness (QED) is 0.846. The standard InChI is InChI=1S/C19H21FN4O2/c20-15-4-1-3-14(11-15)19(26)23-13-17-6-8-21-24(17)10-7-16(23)12-22-9-2-5-18(22)25/h1,3-4,6,8,11,16H,2,5,7,9-10,12-13H2/t16-/m1/s1. The summed E-state index contributed by atoms with van der Waals surface area (Å²) in [5, 5.41) is 4.32. The lowest BCUT2D eigenvalue weighted by Gasteiger charge is -2.32. The van der Waals surface area contributed by atoms with Crippen molar-refractivity contribution in [2.24, 2.45) is 0 Å². The number of fused-ring (bicyclic) bond motifs is 1. The first-order valence-corrected chi connectivity index (χ1v) is 8.97. The van der Waals surface area contributed by atoms with Gasteiger partial charge in [0.2, 0.25) is 5.91 Å². The lowest BCUT2D eigenvalue weighted by atomic mass is 10.1. The van der Waals surface area contributed by atoms with Crippen LogP contribution in [0.25, 0.3) is 0 Å². The molecule has 0 unspecified atom stereocenters. The van der Waals surface area contributed by atoms with Crippen LogP contribution in [0.3, 0.4) is 0 Å². The molecule has 26 heavy (non-hydrogen) atoms. The van der Waals surface area contributed by atoms with Gasteiger partial charge in [0.05, 0.1) is 18.3 Å². The number of likely N-dealkylation sites (tertiary alicyclic amines) is 1. The molecule has 2 aliphatic rings. The molecule has 6 nitrogen and oxygen atoms in total. The lowest BCUT2D eigenvalue weighted by molar-refractivity contribution is -0.128. The molecule has 2 aromatic rings. The third-order valence-corrected chi connectivity index (χ3v) is 5.19. The van der Waals surface area contributed by atoms with E-state index in [1.807, 2.05) is 15.6 Å². The van der Waals surface area contributed by atoms with Gasteiger partial charge in [0.1, 0.15) is 5.82 Å². The predicted molar refractivity (Wildman–Crippen MR) is 92.7 cm³/mol. The summed E-state index contributed by atoms with van der Waals surface area (Å²) in [5.74, 6) is -0.497. The topological polar surface area (TPSA) is 58.4 Å². The number of aryl methyl sites for hydroxylation is 1. The van der Waals surface area contributed by atoms with E-state index in [9.17, 15) is 14.0 Å². The molecule has 136 valence electrons. The van der Waals surface area contributed by atoms with Gasteiger partial charge in [-0.25, -0.2) is 4.39 Å². The third kappa shape index (κ3) is 3.21. The van der Waals surface area contributed by atoms with Gasteiger partial charge in [-0.2, -0.15) is 5.10 Å². The first-order valence-electron chi connectivity index (χ1n) is 8.97. The molecule has 1 aromatic heterocycles. The Labute approximate surface area is 151 Å². The molecule has 1 fully saturated rings. The molecule has 1 aromatic carbocycles. The van der Waals surface area contributed by atoms with Crippen molar-refractivity contribution in [2.75, 3.05) is 13.1 Å². The number of hydrogen-bond acceptors (Lipinski definition) is 3. The SMILES string of the molecule is O=C1CCCN1C[C@H]1CCn2nccc2CN1C(=O)c1cccc(F)c1. The van der Waals surface area contributed by atoms with Crippen molar-refractivity contribution in [1.29, 1.82) is 0 Å². The summed E-state index contributed by atoms with van der Waals surface area (Å²) in [4.78, 5) is 28.8. The van der Waals surface area contributed by atoms with Crippen LogP contribution in [0.1, 0.15) is 35.3 Å². The van der Waals surface area contributed by atoms with E-state index in [1.165, 1.54) is 12.1 Å². The first kappa shape index (κ1) is 16.8. The summed E-state index contributed by atoms with van der Waals surface area (Å²) in [6.07, 6.45) is 3.88. The fraction of sp³-hybridized carbons (Fsp3) is 0.421. The van der Waals surface area contributed by atoms with Crippen LogP contribution < -0.4 is 0 Å². The smallest absolute Gasteiger partial charge is 0.254 e. The van der Waals surface area contributed by atoms with Crippen LogP contribution in [0.15, 0.2) is 36.5 Å². The maximum absolute atomic E-state index is 13.6. The van der Waals surface area contributed by atoms with Crippen LogP contribution in [0.2, 0.25) is 0 Å². The van der Waals surface area contributed by atoms with Crippen molar-refractivity contribution >= 4 is 11.8 Å². The van der Waals surface area contributed by atoms with E-state index in [-0.39, 0.29) is 17.9 Å². The molecule has 0 N–H and O–H groups in total. The van der Waals surface area contributed by atoms with Gasteiger partial charge in [0.25, 0.3) is 5.91 Å². The van der Waals surface area contributed by atoms with Crippen molar-refractivity contribution in [2.45, 2.75) is 38.4 Å². The molecule has 1 saturated heterocycles. The average Bonchev–Trinajstić information content (AvgIpc) is 3.21. The van der Waals surface area contributed by atoms with Crippen LogP contribution in [0.5, 0.6) is 0 Å². The van der Waals surface area contributed by atoms with Crippen LogP contribution in [0.4, 0.5) is 4.39 Å². The molecular formula is C19H21FN4O2. The third-order valence-electron chi connectivity index (χ3n) is 5.19. The molecule has 2 aliphatic heterocycles. The predicted octanol–water partition coefficient (Wildman–Crippen LogP) is 2.06. The molecule has 3 heterocycles. The summed E-state index contributed by atoms with van der Waals surface area (Å²) >= 11 is 0. The van der Waals surface area contributed by atoms with Crippen LogP contribution in [-0.4, -0.2) is 50.5 Å². The summed E-state index contributed by atoms with van der Waals surface area (Å²) in [7, 11) is 0. The zero-order chi connectivity index (χ0) is 18.1. The fourth-order valence-corrected chi connectivity index (χ4v) is 3.79. The average molecular weight is 356 g/mol. The van der Waals surface area contributed by atoms with Gasteiger partial charge in [-0.05, 0) is 37.1 Å². The number of halogens is 1. The maximum Gasteiger partial charge on any atom is 0.254 e. The molecule has 0 aliphatic carbocycles. The van der Waals surface area contributed by atoms with Crippen LogP contribution >= 0.6 is 0 Å². The van der Waals surface area contributed by atoms with Crippen molar-refractivity contribution in [3.63, 3.8) is 0 Å². The van der Waals surface area contributed by atoms with Crippen LogP contribution in [0, 0.1) is 5.82 Å². The number of benzene rings is 1. The number of hydrogen-bond donors (Lipinski definition) is 0. The van der Waals surface area contributed by atoms with E-state index in [2.05, 4.69) is 5.10 Å². The second-order valence-corrected chi connectivity index (χ2v) is 6.87. The summed E-state index contributed by atoms with van der Waals surface area (Å²) in [6, 6.07) is 7.55. The number of carbonyl (C=O) groups excluding carboxylic acids is 2. The number of aromatic nitrogens is 2. The van der Waals surface area contributed by atoms with Gasteiger partial charge in [0.15, 0.2) is 0 Å². The van der Waals surface area contributed by atoms with Gasteiger partial charge in [-0.1, -0.05) is 6.07 Å². The Morgan fingerprint density at radius 1 is 1.27 bits per heavy atom. The molecular weight excluding hydrogens is 335 g/mol. The van der Waals surface area contributed by atoms with Gasteiger partial charge < -0.3 is 9.80 Å². The molecule has 0 spiro atoms. The molecule has 1 atom stereocenters. The Hall–Kier alpha value is -2.70. The van der Waals surface area contributed by atoms with Gasteiger partial charge in [-0.15, -0.1) is 0 Å². The highest BCUT2D eigenvalue weighted by Gasteiger charge is 2.32. The van der Waals surface area contributed by atoms with Gasteiger partial charge in [0, 0.05) is 37.8 Å². The highest BCUT2D eigenvalue weighted by Crippen LogP contribution is 2.22. The molecule has 0 bridgehead atoms. The largest absolute Gasteiger partial charge is 0.341 e. The van der Waals surface area contributed by atoms with E-state index in [0.29, 0.717) is 38.0 Å². The van der Waals surface area contributed by atoms with Crippen molar-refractivity contribution < 1.29 is 14.0 Å². The van der Waals surface area contributed by atoms with Crippen molar-refractivity contribution in [1.82, 2.24) is 19.6 Å². The Morgan fingerprint density at radius 3 is 2.92 bits per heavy atom. The zero-order valence-corrected chi connectivity index (χ0v) is 14.5. The van der Waals surface area contributed by atoms with E-state index in [4.69, 9.17) is 0 Å². The second kappa shape index (κ2) is 6.90. The van der Waals surface area contributed by atoms with Gasteiger partial charge in [-0.3, -0.25) is 14.3 Å². The van der Waals surface area contributed by atoms with E-state index >= 15 is 0 Å². The molecule has 7 heteroatoms. The summed E-state index contributed by atoms with van der Waals surface area (Å²) in [5.41, 5.74) is 1.28. The second-order valence-electron chi connectivity index (χ2n) is 6.87. The Morgan fingerprint density at radius 2 is 2.15 bits per heavy atom. The molecule has 4 rings (SSSR count). The highest BCUT2D eigenvalue weighted by atomic mass is 19.1. The number of carbonyl (C=O) groups is 2. The minimum atomic E-state index is -0.429. The van der Waals surface area contributed by atoms with Crippen molar-refractivity contribution in [3.05, 3.63) is 53.6 Å². The number of amides is 2. The molecule has 2 amide bonds. The minimum Gasteiger partial charge on any atom is -0.341 e. The molecule has 0 radical (unpaired) electrons. The Balaban J connectivity index is 1.63. The monoisotopic (exact) mass is 356 g/mol. The maximum atomic E-state index is 13.6. The number of rotatable bonds is 3. The van der Waals surface area contributed by atoms with E-state index in [0.717, 1.165) is 18.7 Å². The van der Waals surface area contributed by atoms with E-state index < -0.39 is 5.82 Å². The van der Waals surface area contributed by atoms with Crippen molar-refractivity contribution in [3.8, 4) is 0 Å². The van der Waals surface area contributed by atoms with Gasteiger partial charge >= 0.3 is 0 Å². The normalized spacial score (nSPS) is 20.2. The fourth-order valence-electron chi connectivity index (χ4n) is 3.79. The summed E-state index contributed by atoms with van der Waals surface area (Å²) < 4.78 is 15.5. The number of nitrogens with zero attached hydrogens (tertiary/aromatic N) is 4.